The fourth-order valence-electron chi connectivity index (χ4n) is 2.25. The summed E-state index contributed by atoms with van der Waals surface area (Å²) >= 11 is 6.19. The van der Waals surface area contributed by atoms with Crippen molar-refractivity contribution in [1.82, 2.24) is 9.38 Å². The van der Waals surface area contributed by atoms with E-state index in [1.165, 1.54) is 0 Å². The van der Waals surface area contributed by atoms with E-state index < -0.39 is 0 Å². The van der Waals surface area contributed by atoms with Crippen LogP contribution in [-0.4, -0.2) is 9.38 Å². The van der Waals surface area contributed by atoms with Crippen LogP contribution in [0, 0.1) is 0 Å². The quantitative estimate of drug-likeness (QED) is 0.796. The van der Waals surface area contributed by atoms with Crippen LogP contribution in [-0.2, 0) is 13.0 Å². The lowest BCUT2D eigenvalue weighted by Gasteiger charge is -2.05. The highest BCUT2D eigenvalue weighted by Gasteiger charge is 2.08. The molecule has 0 aliphatic heterocycles. The van der Waals surface area contributed by atoms with E-state index >= 15 is 0 Å². The average Bonchev–Trinajstić information content (AvgIpc) is 2.84. The molecule has 0 unspecified atom stereocenters. The Hall–Kier alpha value is -1.84. The third-order valence-corrected chi connectivity index (χ3v) is 3.63. The van der Waals surface area contributed by atoms with Crippen LogP contribution in [0.4, 0.5) is 0 Å². The first-order valence-electron chi connectivity index (χ1n) is 6.17. The summed E-state index contributed by atoms with van der Waals surface area (Å²) in [6, 6.07) is 11.9. The molecule has 0 amide bonds. The number of halogens is 1. The summed E-state index contributed by atoms with van der Waals surface area (Å²) in [6.07, 6.45) is 4.59. The number of hydrogen-bond acceptors (Lipinski definition) is 2. The second-order valence-corrected chi connectivity index (χ2v) is 4.84. The number of nitrogens with zero attached hydrogens (tertiary/aromatic N) is 2. The maximum absolute atomic E-state index is 6.19. The standard InChI is InChI=1S/C15H14ClN3/c16-13-6-2-1-4-11(13)8-15-18-10-14-12(9-17)5-3-7-19(14)15/h1-7,10H,8-9,17H2. The van der Waals surface area contributed by atoms with Crippen LogP contribution in [0.2, 0.25) is 5.02 Å². The van der Waals surface area contributed by atoms with Crippen molar-refractivity contribution in [3.63, 3.8) is 0 Å². The Labute approximate surface area is 116 Å². The Morgan fingerprint density at radius 1 is 1.11 bits per heavy atom. The molecule has 0 bridgehead atoms. The molecule has 0 aliphatic carbocycles. The van der Waals surface area contributed by atoms with Gasteiger partial charge < -0.3 is 10.1 Å². The van der Waals surface area contributed by atoms with E-state index in [0.29, 0.717) is 13.0 Å². The molecule has 0 spiro atoms. The zero-order valence-corrected chi connectivity index (χ0v) is 11.1. The van der Waals surface area contributed by atoms with Crippen molar-refractivity contribution < 1.29 is 0 Å². The molecule has 3 nitrogen and oxygen atoms in total. The van der Waals surface area contributed by atoms with Gasteiger partial charge in [-0.1, -0.05) is 35.9 Å². The van der Waals surface area contributed by atoms with Gasteiger partial charge in [0.05, 0.1) is 11.7 Å². The SMILES string of the molecule is NCc1cccn2c(Cc3ccccc3Cl)ncc12. The molecule has 0 radical (unpaired) electrons. The lowest BCUT2D eigenvalue weighted by atomic mass is 10.1. The van der Waals surface area contributed by atoms with Crippen LogP contribution in [0.15, 0.2) is 48.8 Å². The molecule has 0 atom stereocenters. The summed E-state index contributed by atoms with van der Waals surface area (Å²) in [5.74, 6) is 0.971. The van der Waals surface area contributed by atoms with E-state index in [0.717, 1.165) is 27.5 Å². The molecule has 0 aliphatic rings. The van der Waals surface area contributed by atoms with Gasteiger partial charge in [-0.3, -0.25) is 0 Å². The van der Waals surface area contributed by atoms with Crippen LogP contribution < -0.4 is 5.73 Å². The van der Waals surface area contributed by atoms with Crippen molar-refractivity contribution in [3.05, 3.63) is 70.8 Å². The van der Waals surface area contributed by atoms with Crippen molar-refractivity contribution in [2.75, 3.05) is 0 Å². The minimum absolute atomic E-state index is 0.515. The van der Waals surface area contributed by atoms with Gasteiger partial charge in [-0.2, -0.15) is 0 Å². The predicted molar refractivity (Wildman–Crippen MR) is 77.3 cm³/mol. The first-order valence-corrected chi connectivity index (χ1v) is 6.54. The number of benzene rings is 1. The van der Waals surface area contributed by atoms with Gasteiger partial charge in [-0.15, -0.1) is 0 Å². The number of rotatable bonds is 3. The van der Waals surface area contributed by atoms with Crippen molar-refractivity contribution in [3.8, 4) is 0 Å². The van der Waals surface area contributed by atoms with E-state index in [-0.39, 0.29) is 0 Å². The minimum Gasteiger partial charge on any atom is -0.326 e. The molecule has 19 heavy (non-hydrogen) atoms. The van der Waals surface area contributed by atoms with Gasteiger partial charge in [0.15, 0.2) is 0 Å². The van der Waals surface area contributed by atoms with E-state index in [1.807, 2.05) is 48.8 Å². The normalized spacial score (nSPS) is 11.1. The van der Waals surface area contributed by atoms with Crippen molar-refractivity contribution >= 4 is 17.1 Å². The number of aromatic nitrogens is 2. The average molecular weight is 272 g/mol. The number of hydrogen-bond donors (Lipinski definition) is 1. The Morgan fingerprint density at radius 3 is 2.68 bits per heavy atom. The molecule has 0 saturated heterocycles. The molecule has 2 N–H and O–H groups in total. The molecule has 2 aromatic heterocycles. The predicted octanol–water partition coefficient (Wildman–Crippen LogP) is 3.04. The summed E-state index contributed by atoms with van der Waals surface area (Å²) in [5, 5.41) is 0.772. The maximum atomic E-state index is 6.19. The first-order chi connectivity index (χ1) is 9.29. The Bertz CT molecular complexity index is 718. The molecule has 2 heterocycles. The van der Waals surface area contributed by atoms with Crippen molar-refractivity contribution in [2.24, 2.45) is 5.73 Å². The van der Waals surface area contributed by atoms with Crippen LogP contribution in [0.25, 0.3) is 5.52 Å². The topological polar surface area (TPSA) is 43.3 Å². The summed E-state index contributed by atoms with van der Waals surface area (Å²) in [4.78, 5) is 4.49. The van der Waals surface area contributed by atoms with Gasteiger partial charge in [0, 0.05) is 24.2 Å². The fourth-order valence-corrected chi connectivity index (χ4v) is 2.45. The molecule has 4 heteroatoms. The Morgan fingerprint density at radius 2 is 1.89 bits per heavy atom. The highest BCUT2D eigenvalue weighted by Crippen LogP contribution is 2.20. The minimum atomic E-state index is 0.515. The molecular formula is C15H14ClN3. The lowest BCUT2D eigenvalue weighted by Crippen LogP contribution is -2.01. The smallest absolute Gasteiger partial charge is 0.117 e. The summed E-state index contributed by atoms with van der Waals surface area (Å²) in [7, 11) is 0. The van der Waals surface area contributed by atoms with Gasteiger partial charge in [-0.05, 0) is 23.3 Å². The van der Waals surface area contributed by atoms with E-state index in [4.69, 9.17) is 17.3 Å². The highest BCUT2D eigenvalue weighted by molar-refractivity contribution is 6.31. The number of fused-ring (bicyclic) bond motifs is 1. The van der Waals surface area contributed by atoms with Gasteiger partial charge in [0.25, 0.3) is 0 Å². The fraction of sp³-hybridized carbons (Fsp3) is 0.133. The Balaban J connectivity index is 2.05. The second kappa shape index (κ2) is 5.03. The number of imidazole rings is 1. The molecule has 3 rings (SSSR count). The molecule has 1 aromatic carbocycles. The summed E-state index contributed by atoms with van der Waals surface area (Å²) < 4.78 is 2.07. The van der Waals surface area contributed by atoms with E-state index in [9.17, 15) is 0 Å². The van der Waals surface area contributed by atoms with Crippen LogP contribution in [0.1, 0.15) is 17.0 Å². The monoisotopic (exact) mass is 271 g/mol. The van der Waals surface area contributed by atoms with E-state index in [2.05, 4.69) is 9.38 Å². The third-order valence-electron chi connectivity index (χ3n) is 3.26. The maximum Gasteiger partial charge on any atom is 0.117 e. The van der Waals surface area contributed by atoms with Crippen molar-refractivity contribution in [2.45, 2.75) is 13.0 Å². The zero-order chi connectivity index (χ0) is 13.2. The molecular weight excluding hydrogens is 258 g/mol. The van der Waals surface area contributed by atoms with E-state index in [1.54, 1.807) is 0 Å². The molecule has 96 valence electrons. The number of pyridine rings is 1. The van der Waals surface area contributed by atoms with Gasteiger partial charge in [0.1, 0.15) is 5.82 Å². The summed E-state index contributed by atoms with van der Waals surface area (Å²) in [5.41, 5.74) is 8.98. The van der Waals surface area contributed by atoms with Crippen LogP contribution >= 0.6 is 11.6 Å². The first kappa shape index (κ1) is 12.2. The van der Waals surface area contributed by atoms with Gasteiger partial charge in [-0.25, -0.2) is 4.98 Å². The second-order valence-electron chi connectivity index (χ2n) is 4.44. The third kappa shape index (κ3) is 2.23. The largest absolute Gasteiger partial charge is 0.326 e. The molecule has 0 fully saturated rings. The summed E-state index contributed by atoms with van der Waals surface area (Å²) in [6.45, 7) is 0.515. The van der Waals surface area contributed by atoms with Crippen LogP contribution in [0.5, 0.6) is 0 Å². The van der Waals surface area contributed by atoms with Crippen molar-refractivity contribution in [1.29, 1.82) is 0 Å². The molecule has 3 aromatic rings. The lowest BCUT2D eigenvalue weighted by molar-refractivity contribution is 0.951. The van der Waals surface area contributed by atoms with Gasteiger partial charge in [0.2, 0.25) is 0 Å². The highest BCUT2D eigenvalue weighted by atomic mass is 35.5. The zero-order valence-electron chi connectivity index (χ0n) is 10.4. The Kier molecular flexibility index (Phi) is 3.23. The number of nitrogens with two attached hydrogens (primary N) is 1. The van der Waals surface area contributed by atoms with Gasteiger partial charge >= 0.3 is 0 Å². The van der Waals surface area contributed by atoms with Crippen LogP contribution in [0.3, 0.4) is 0 Å². The molecule has 0 saturated carbocycles.